The maximum absolute atomic E-state index is 10.5. The highest BCUT2D eigenvalue weighted by atomic mass is 79.9. The van der Waals surface area contributed by atoms with Crippen molar-refractivity contribution in [2.24, 2.45) is 0 Å². The van der Waals surface area contributed by atoms with E-state index in [4.69, 9.17) is 4.74 Å². The zero-order valence-electron chi connectivity index (χ0n) is 11.9. The largest absolute Gasteiger partial charge is 0.491 e. The number of hydrogen-bond acceptors (Lipinski definition) is 2. The molecule has 106 valence electrons. The molecule has 2 aromatic carbocycles. The van der Waals surface area contributed by atoms with Crippen molar-refractivity contribution in [2.75, 3.05) is 0 Å². The van der Waals surface area contributed by atoms with Gasteiger partial charge in [0.15, 0.2) is 0 Å². The van der Waals surface area contributed by atoms with E-state index >= 15 is 0 Å². The highest BCUT2D eigenvalue weighted by molar-refractivity contribution is 9.10. The molecule has 20 heavy (non-hydrogen) atoms. The van der Waals surface area contributed by atoms with Gasteiger partial charge in [0.25, 0.3) is 0 Å². The van der Waals surface area contributed by atoms with Crippen molar-refractivity contribution in [1.82, 2.24) is 0 Å². The number of benzene rings is 2. The zero-order chi connectivity index (χ0) is 14.7. The van der Waals surface area contributed by atoms with E-state index in [-0.39, 0.29) is 6.10 Å². The number of halogens is 1. The van der Waals surface area contributed by atoms with Crippen molar-refractivity contribution in [3.8, 4) is 5.75 Å². The van der Waals surface area contributed by atoms with E-state index in [1.54, 1.807) is 0 Å². The molecule has 0 spiro atoms. The van der Waals surface area contributed by atoms with E-state index in [2.05, 4.69) is 15.9 Å². The van der Waals surface area contributed by atoms with Crippen LogP contribution in [0.15, 0.2) is 46.9 Å². The third-order valence-corrected chi connectivity index (χ3v) is 3.60. The van der Waals surface area contributed by atoms with E-state index in [0.717, 1.165) is 26.9 Å². The summed E-state index contributed by atoms with van der Waals surface area (Å²) in [7, 11) is 0. The molecule has 0 saturated heterocycles. The highest BCUT2D eigenvalue weighted by Crippen LogP contribution is 2.28. The summed E-state index contributed by atoms with van der Waals surface area (Å²) in [4.78, 5) is 0. The quantitative estimate of drug-likeness (QED) is 0.883. The molecule has 0 bridgehead atoms. The molecule has 0 saturated carbocycles. The van der Waals surface area contributed by atoms with Crippen molar-refractivity contribution in [1.29, 1.82) is 0 Å². The molecule has 0 heterocycles. The van der Waals surface area contributed by atoms with Crippen LogP contribution >= 0.6 is 15.9 Å². The lowest BCUT2D eigenvalue weighted by Gasteiger charge is -2.16. The van der Waals surface area contributed by atoms with Gasteiger partial charge in [-0.25, -0.2) is 0 Å². The van der Waals surface area contributed by atoms with Crippen LogP contribution in [0.3, 0.4) is 0 Å². The van der Waals surface area contributed by atoms with Gasteiger partial charge in [-0.1, -0.05) is 34.1 Å². The first-order valence-electron chi connectivity index (χ1n) is 6.68. The van der Waals surface area contributed by atoms with Gasteiger partial charge in [0.1, 0.15) is 11.9 Å². The third-order valence-electron chi connectivity index (χ3n) is 3.10. The van der Waals surface area contributed by atoms with Gasteiger partial charge in [0.2, 0.25) is 0 Å². The van der Waals surface area contributed by atoms with E-state index in [0.29, 0.717) is 0 Å². The van der Waals surface area contributed by atoms with Crippen LogP contribution < -0.4 is 4.74 Å². The normalized spacial score (nSPS) is 12.5. The molecule has 0 aromatic heterocycles. The third kappa shape index (κ3) is 3.62. The molecule has 1 unspecified atom stereocenters. The van der Waals surface area contributed by atoms with Crippen LogP contribution in [-0.2, 0) is 0 Å². The Morgan fingerprint density at radius 1 is 1.05 bits per heavy atom. The molecule has 0 aliphatic rings. The van der Waals surface area contributed by atoms with Crippen LogP contribution in [0.2, 0.25) is 0 Å². The minimum absolute atomic E-state index is 0.151. The lowest BCUT2D eigenvalue weighted by atomic mass is 9.97. The second-order valence-corrected chi connectivity index (χ2v) is 6.05. The second kappa shape index (κ2) is 6.42. The minimum Gasteiger partial charge on any atom is -0.491 e. The first-order chi connectivity index (χ1) is 9.47. The maximum atomic E-state index is 10.5. The number of aliphatic hydroxyl groups excluding tert-OH is 1. The SMILES string of the molecule is Cc1ccc(Br)cc1C(O)c1ccc(OC(C)C)cc1. The summed E-state index contributed by atoms with van der Waals surface area (Å²) in [5.41, 5.74) is 2.85. The summed E-state index contributed by atoms with van der Waals surface area (Å²) in [6.45, 7) is 5.99. The van der Waals surface area contributed by atoms with Crippen LogP contribution in [0.4, 0.5) is 0 Å². The van der Waals surface area contributed by atoms with Gasteiger partial charge in [-0.3, -0.25) is 0 Å². The fourth-order valence-corrected chi connectivity index (χ4v) is 2.47. The van der Waals surface area contributed by atoms with Gasteiger partial charge in [0, 0.05) is 4.47 Å². The van der Waals surface area contributed by atoms with Crippen LogP contribution in [-0.4, -0.2) is 11.2 Å². The first-order valence-corrected chi connectivity index (χ1v) is 7.47. The smallest absolute Gasteiger partial charge is 0.119 e. The van der Waals surface area contributed by atoms with E-state index < -0.39 is 6.10 Å². The fourth-order valence-electron chi connectivity index (χ4n) is 2.09. The average molecular weight is 335 g/mol. The Balaban J connectivity index is 2.24. The summed E-state index contributed by atoms with van der Waals surface area (Å²) in [6, 6.07) is 13.5. The van der Waals surface area contributed by atoms with E-state index in [1.807, 2.05) is 63.2 Å². The Bertz CT molecular complexity index is 576. The van der Waals surface area contributed by atoms with Gasteiger partial charge in [-0.05, 0) is 61.7 Å². The molecular formula is C17H19BrO2. The zero-order valence-corrected chi connectivity index (χ0v) is 13.5. The molecule has 0 aliphatic carbocycles. The Kier molecular flexibility index (Phi) is 4.84. The lowest BCUT2D eigenvalue weighted by Crippen LogP contribution is -2.06. The summed E-state index contributed by atoms with van der Waals surface area (Å²) >= 11 is 3.44. The monoisotopic (exact) mass is 334 g/mol. The molecular weight excluding hydrogens is 316 g/mol. The standard InChI is InChI=1S/C17H19BrO2/c1-11(2)20-15-8-5-13(6-9-15)17(19)16-10-14(18)7-4-12(16)3/h4-11,17,19H,1-3H3. The maximum Gasteiger partial charge on any atom is 0.119 e. The predicted molar refractivity (Wildman–Crippen MR) is 85.1 cm³/mol. The summed E-state index contributed by atoms with van der Waals surface area (Å²) < 4.78 is 6.58. The van der Waals surface area contributed by atoms with Crippen molar-refractivity contribution in [3.63, 3.8) is 0 Å². The van der Waals surface area contributed by atoms with Crippen molar-refractivity contribution < 1.29 is 9.84 Å². The van der Waals surface area contributed by atoms with Gasteiger partial charge in [-0.15, -0.1) is 0 Å². The van der Waals surface area contributed by atoms with Gasteiger partial charge >= 0.3 is 0 Å². The van der Waals surface area contributed by atoms with Crippen molar-refractivity contribution >= 4 is 15.9 Å². The number of aryl methyl sites for hydroxylation is 1. The Morgan fingerprint density at radius 2 is 1.70 bits per heavy atom. The van der Waals surface area contributed by atoms with Crippen LogP contribution in [0.1, 0.15) is 36.6 Å². The number of hydrogen-bond donors (Lipinski definition) is 1. The molecule has 2 nitrogen and oxygen atoms in total. The van der Waals surface area contributed by atoms with Crippen molar-refractivity contribution in [3.05, 3.63) is 63.6 Å². The summed E-state index contributed by atoms with van der Waals surface area (Å²) in [6.07, 6.45) is -0.473. The van der Waals surface area contributed by atoms with Gasteiger partial charge < -0.3 is 9.84 Å². The minimum atomic E-state index is -0.624. The van der Waals surface area contributed by atoms with Crippen LogP contribution in [0.25, 0.3) is 0 Å². The topological polar surface area (TPSA) is 29.5 Å². The summed E-state index contributed by atoms with van der Waals surface area (Å²) in [5.74, 6) is 0.821. The number of aliphatic hydroxyl groups is 1. The predicted octanol–water partition coefficient (Wildman–Crippen LogP) is 4.63. The van der Waals surface area contributed by atoms with Crippen molar-refractivity contribution in [2.45, 2.75) is 33.0 Å². The van der Waals surface area contributed by atoms with E-state index in [1.165, 1.54) is 0 Å². The molecule has 0 radical (unpaired) electrons. The van der Waals surface area contributed by atoms with Crippen LogP contribution in [0.5, 0.6) is 5.75 Å². The Hall–Kier alpha value is -1.32. The molecule has 0 amide bonds. The van der Waals surface area contributed by atoms with Gasteiger partial charge in [-0.2, -0.15) is 0 Å². The molecule has 1 N–H and O–H groups in total. The van der Waals surface area contributed by atoms with Crippen LogP contribution in [0, 0.1) is 6.92 Å². The summed E-state index contributed by atoms with van der Waals surface area (Å²) in [5, 5.41) is 10.5. The van der Waals surface area contributed by atoms with Gasteiger partial charge in [0.05, 0.1) is 6.10 Å². The second-order valence-electron chi connectivity index (χ2n) is 5.14. The molecule has 0 fully saturated rings. The average Bonchev–Trinajstić information content (AvgIpc) is 2.41. The molecule has 2 aromatic rings. The molecule has 3 heteroatoms. The highest BCUT2D eigenvalue weighted by Gasteiger charge is 2.13. The number of rotatable bonds is 4. The first kappa shape index (κ1) is 15.1. The fraction of sp³-hybridized carbons (Fsp3) is 0.294. The Labute approximate surface area is 128 Å². The van der Waals surface area contributed by atoms with E-state index in [9.17, 15) is 5.11 Å². The molecule has 1 atom stereocenters. The molecule has 0 aliphatic heterocycles. The number of ether oxygens (including phenoxy) is 1. The Morgan fingerprint density at radius 3 is 2.30 bits per heavy atom. The molecule has 2 rings (SSSR count). The lowest BCUT2D eigenvalue weighted by molar-refractivity contribution is 0.218.